The van der Waals surface area contributed by atoms with Gasteiger partial charge in [-0.25, -0.2) is 4.68 Å². The van der Waals surface area contributed by atoms with E-state index in [1.54, 1.807) is 13.8 Å². The summed E-state index contributed by atoms with van der Waals surface area (Å²) in [4.78, 5) is 25.0. The van der Waals surface area contributed by atoms with Crippen molar-refractivity contribution in [2.45, 2.75) is 58.2 Å². The van der Waals surface area contributed by atoms with Gasteiger partial charge in [0.05, 0.1) is 18.4 Å². The molecule has 0 radical (unpaired) electrons. The second-order valence-electron chi connectivity index (χ2n) is 10.4. The van der Waals surface area contributed by atoms with Gasteiger partial charge in [0, 0.05) is 23.1 Å². The number of carbonyl (C=O) groups excluding carboxylic acids is 2. The van der Waals surface area contributed by atoms with Crippen LogP contribution in [0.4, 0.5) is 17.6 Å². The van der Waals surface area contributed by atoms with Crippen LogP contribution in [0.15, 0.2) is 12.3 Å². The molecule has 0 aromatic carbocycles. The van der Waals surface area contributed by atoms with E-state index >= 15 is 0 Å². The number of nitrogens with one attached hydrogen (secondary N) is 1. The van der Waals surface area contributed by atoms with Gasteiger partial charge in [0.15, 0.2) is 5.69 Å². The van der Waals surface area contributed by atoms with E-state index in [9.17, 15) is 27.2 Å². The third-order valence-electron chi connectivity index (χ3n) is 7.41. The number of carbonyl (C=O) groups is 2. The van der Waals surface area contributed by atoms with Crippen LogP contribution in [0, 0.1) is 28.6 Å². The van der Waals surface area contributed by atoms with Crippen LogP contribution in [-0.4, -0.2) is 34.3 Å². The Kier molecular flexibility index (Phi) is 5.40. The second kappa shape index (κ2) is 7.59. The predicted molar refractivity (Wildman–Crippen MR) is 109 cm³/mol. The Labute approximate surface area is 183 Å². The standard InChI is InChI=1S/C22H28F4N4O2/c1-20(2,11-23)3-4-30-17(22(24,25)26)15(10-28-30)18(31)29-16-13-5-12-6-14(16)9-21(7-12,8-13)19(27)32/h3-4,10,12-14,16H,5-9,11H2,1-2H3,(H2,27,32)(H,29,31)/b4-3+/t12?,13?,14?,16-,21-. The number of allylic oxidation sites excluding steroid dienone is 1. The summed E-state index contributed by atoms with van der Waals surface area (Å²) in [7, 11) is 0. The van der Waals surface area contributed by atoms with Crippen molar-refractivity contribution in [1.29, 1.82) is 0 Å². The minimum atomic E-state index is -4.83. The minimum absolute atomic E-state index is 0.0207. The van der Waals surface area contributed by atoms with Crippen molar-refractivity contribution in [2.75, 3.05) is 6.67 Å². The van der Waals surface area contributed by atoms with Crippen LogP contribution < -0.4 is 11.1 Å². The lowest BCUT2D eigenvalue weighted by atomic mass is 9.47. The number of aromatic nitrogens is 2. The van der Waals surface area contributed by atoms with Gasteiger partial charge in [-0.1, -0.05) is 19.9 Å². The average Bonchev–Trinajstić information content (AvgIpc) is 3.13. The van der Waals surface area contributed by atoms with E-state index in [0.717, 1.165) is 31.7 Å². The number of amides is 2. The monoisotopic (exact) mass is 456 g/mol. The molecule has 0 aliphatic heterocycles. The smallest absolute Gasteiger partial charge is 0.369 e. The molecule has 0 spiro atoms. The van der Waals surface area contributed by atoms with Gasteiger partial charge in [-0.15, -0.1) is 0 Å². The molecule has 3 N–H and O–H groups in total. The normalized spacial score (nSPS) is 31.9. The van der Waals surface area contributed by atoms with Gasteiger partial charge in [-0.3, -0.25) is 14.0 Å². The van der Waals surface area contributed by atoms with Gasteiger partial charge in [0.1, 0.15) is 0 Å². The molecule has 10 heteroatoms. The Balaban J connectivity index is 1.58. The number of hydrogen-bond donors (Lipinski definition) is 2. The molecule has 176 valence electrons. The Morgan fingerprint density at radius 1 is 1.25 bits per heavy atom. The summed E-state index contributed by atoms with van der Waals surface area (Å²) in [5.74, 6) is -0.747. The molecule has 32 heavy (non-hydrogen) atoms. The first-order valence-electron chi connectivity index (χ1n) is 10.9. The van der Waals surface area contributed by atoms with E-state index in [4.69, 9.17) is 5.73 Å². The molecule has 2 unspecified atom stereocenters. The molecule has 1 aromatic rings. The molecule has 4 aliphatic carbocycles. The molecule has 6 nitrogen and oxygen atoms in total. The van der Waals surface area contributed by atoms with Gasteiger partial charge in [0.2, 0.25) is 5.91 Å². The molecule has 4 fully saturated rings. The first-order valence-corrected chi connectivity index (χ1v) is 10.9. The van der Waals surface area contributed by atoms with Crippen LogP contribution in [0.25, 0.3) is 6.20 Å². The van der Waals surface area contributed by atoms with Crippen molar-refractivity contribution in [1.82, 2.24) is 15.1 Å². The maximum atomic E-state index is 13.8. The van der Waals surface area contributed by atoms with E-state index in [1.807, 2.05) is 0 Å². The summed E-state index contributed by atoms with van der Waals surface area (Å²) in [5.41, 5.74) is 2.40. The first kappa shape index (κ1) is 22.8. The van der Waals surface area contributed by atoms with Crippen molar-refractivity contribution in [3.05, 3.63) is 23.5 Å². The fourth-order valence-electron chi connectivity index (χ4n) is 6.03. The predicted octanol–water partition coefficient (Wildman–Crippen LogP) is 3.78. The maximum Gasteiger partial charge on any atom is 0.434 e. The number of hydrogen-bond acceptors (Lipinski definition) is 3. The molecule has 5 rings (SSSR count). The molecule has 4 aliphatic rings. The number of nitrogens with zero attached hydrogens (tertiary/aromatic N) is 2. The van der Waals surface area contributed by atoms with Crippen LogP contribution in [0.1, 0.15) is 62.0 Å². The number of alkyl halides is 4. The zero-order chi connectivity index (χ0) is 23.5. The second-order valence-corrected chi connectivity index (χ2v) is 10.4. The molecule has 2 amide bonds. The lowest BCUT2D eigenvalue weighted by Gasteiger charge is -2.58. The van der Waals surface area contributed by atoms with E-state index in [-0.39, 0.29) is 23.8 Å². The van der Waals surface area contributed by atoms with Crippen molar-refractivity contribution in [3.8, 4) is 0 Å². The quantitative estimate of drug-likeness (QED) is 0.639. The lowest BCUT2D eigenvalue weighted by Crippen LogP contribution is -2.62. The Bertz CT molecular complexity index is 936. The van der Waals surface area contributed by atoms with E-state index in [0.29, 0.717) is 23.4 Å². The zero-order valence-electron chi connectivity index (χ0n) is 18.1. The fourth-order valence-corrected chi connectivity index (χ4v) is 6.03. The third kappa shape index (κ3) is 3.92. The molecule has 1 heterocycles. The number of nitrogens with two attached hydrogens (primary N) is 1. The van der Waals surface area contributed by atoms with Crippen molar-refractivity contribution in [2.24, 2.45) is 34.3 Å². The Hall–Kier alpha value is -2.39. The third-order valence-corrected chi connectivity index (χ3v) is 7.41. The topological polar surface area (TPSA) is 90.0 Å². The fraction of sp³-hybridized carbons (Fsp3) is 0.682. The highest BCUT2D eigenvalue weighted by atomic mass is 19.4. The van der Waals surface area contributed by atoms with E-state index < -0.39 is 40.8 Å². The SMILES string of the molecule is CC(C)(/C=C/n1ncc(C(=O)N[C@H]2C3CC4CC2C[C@](C(N)=O)(C4)C3)c1C(F)(F)F)CF. The zero-order valence-corrected chi connectivity index (χ0v) is 18.1. The molecular weight excluding hydrogens is 428 g/mol. The summed E-state index contributed by atoms with van der Waals surface area (Å²) >= 11 is 0. The van der Waals surface area contributed by atoms with Crippen LogP contribution in [-0.2, 0) is 11.0 Å². The first-order chi connectivity index (χ1) is 14.8. The number of halogens is 4. The maximum absolute atomic E-state index is 13.8. The highest BCUT2D eigenvalue weighted by Gasteiger charge is 2.58. The Morgan fingerprint density at radius 2 is 1.88 bits per heavy atom. The molecule has 0 saturated heterocycles. The van der Waals surface area contributed by atoms with Gasteiger partial charge in [-0.05, 0) is 49.9 Å². The summed E-state index contributed by atoms with van der Waals surface area (Å²) in [6.45, 7) is 2.33. The highest BCUT2D eigenvalue weighted by Crippen LogP contribution is 2.60. The van der Waals surface area contributed by atoms with Crippen LogP contribution in [0.2, 0.25) is 0 Å². The number of primary amides is 1. The molecule has 4 saturated carbocycles. The van der Waals surface area contributed by atoms with E-state index in [2.05, 4.69) is 10.4 Å². The van der Waals surface area contributed by atoms with Crippen LogP contribution in [0.5, 0.6) is 0 Å². The van der Waals surface area contributed by atoms with Gasteiger partial charge in [0.25, 0.3) is 5.91 Å². The Morgan fingerprint density at radius 3 is 2.41 bits per heavy atom. The summed E-state index contributed by atoms with van der Waals surface area (Å²) in [6.07, 6.45) is 1.96. The van der Waals surface area contributed by atoms with Gasteiger partial charge in [-0.2, -0.15) is 18.3 Å². The van der Waals surface area contributed by atoms with Crippen molar-refractivity contribution >= 4 is 18.0 Å². The summed E-state index contributed by atoms with van der Waals surface area (Å²) in [6, 6.07) is -0.294. The van der Waals surface area contributed by atoms with Crippen LogP contribution >= 0.6 is 0 Å². The van der Waals surface area contributed by atoms with Gasteiger partial charge >= 0.3 is 6.18 Å². The molecule has 4 bridgehead atoms. The van der Waals surface area contributed by atoms with Crippen molar-refractivity contribution in [3.63, 3.8) is 0 Å². The van der Waals surface area contributed by atoms with Gasteiger partial charge < -0.3 is 11.1 Å². The molecule has 1 aromatic heterocycles. The van der Waals surface area contributed by atoms with E-state index in [1.165, 1.54) is 6.08 Å². The lowest BCUT2D eigenvalue weighted by molar-refractivity contribution is -0.145. The molecule has 2 atom stereocenters. The summed E-state index contributed by atoms with van der Waals surface area (Å²) in [5, 5.41) is 6.54. The summed E-state index contributed by atoms with van der Waals surface area (Å²) < 4.78 is 55.0. The largest absolute Gasteiger partial charge is 0.434 e. The molecular formula is C22H28F4N4O2. The average molecular weight is 456 g/mol. The highest BCUT2D eigenvalue weighted by molar-refractivity contribution is 5.95. The van der Waals surface area contributed by atoms with Crippen molar-refractivity contribution < 1.29 is 27.2 Å². The minimum Gasteiger partial charge on any atom is -0.369 e. The number of rotatable bonds is 6. The van der Waals surface area contributed by atoms with Crippen LogP contribution in [0.3, 0.4) is 0 Å².